The fourth-order valence-corrected chi connectivity index (χ4v) is 4.09. The zero-order chi connectivity index (χ0) is 22.5. The van der Waals surface area contributed by atoms with Crippen molar-refractivity contribution < 1.29 is 4.79 Å². The maximum atomic E-state index is 13.0. The molecule has 0 radical (unpaired) electrons. The number of unbranched alkanes of at least 4 members (excludes halogenated alkanes) is 1. The van der Waals surface area contributed by atoms with Crippen LogP contribution in [0.3, 0.4) is 0 Å². The van der Waals surface area contributed by atoms with Crippen molar-refractivity contribution in [2.24, 2.45) is 7.05 Å². The Bertz CT molecular complexity index is 1060. The van der Waals surface area contributed by atoms with Crippen molar-refractivity contribution in [1.82, 2.24) is 34.6 Å². The van der Waals surface area contributed by atoms with Crippen LogP contribution in [-0.4, -0.2) is 48.3 Å². The number of amides is 1. The third kappa shape index (κ3) is 4.66. The Labute approximate surface area is 188 Å². The van der Waals surface area contributed by atoms with E-state index in [1.807, 2.05) is 24.7 Å². The molecule has 3 aromatic heterocycles. The Hall–Kier alpha value is -3.23. The van der Waals surface area contributed by atoms with Crippen LogP contribution < -0.4 is 10.2 Å². The zero-order valence-electron chi connectivity index (χ0n) is 19.2. The summed E-state index contributed by atoms with van der Waals surface area (Å²) in [7, 11) is 1.91. The van der Waals surface area contributed by atoms with E-state index in [2.05, 4.69) is 32.2 Å². The van der Waals surface area contributed by atoms with Crippen LogP contribution in [0.4, 0.5) is 5.82 Å². The highest BCUT2D eigenvalue weighted by molar-refractivity contribution is 5.95. The van der Waals surface area contributed by atoms with Crippen molar-refractivity contribution in [1.29, 1.82) is 0 Å². The lowest BCUT2D eigenvalue weighted by atomic mass is 10.1. The van der Waals surface area contributed by atoms with E-state index in [0.29, 0.717) is 18.1 Å². The van der Waals surface area contributed by atoms with Gasteiger partial charge < -0.3 is 14.8 Å². The van der Waals surface area contributed by atoms with Crippen LogP contribution in [0.15, 0.2) is 24.9 Å². The summed E-state index contributed by atoms with van der Waals surface area (Å²) in [6.07, 6.45) is 13.3. The molecule has 1 amide bonds. The van der Waals surface area contributed by atoms with Crippen LogP contribution in [0.25, 0.3) is 5.95 Å². The number of aromatic nitrogens is 6. The van der Waals surface area contributed by atoms with E-state index in [9.17, 15) is 4.79 Å². The van der Waals surface area contributed by atoms with Gasteiger partial charge in [-0.1, -0.05) is 13.3 Å². The summed E-state index contributed by atoms with van der Waals surface area (Å²) >= 11 is 0. The number of nitrogens with one attached hydrogen (secondary N) is 1. The SMILES string of the molecule is CCCCc1c(C(=O)NCc2cncn2C)cnn1-c1ncc(C)c(N2CCCCC2)n1. The second-order valence-corrected chi connectivity index (χ2v) is 8.42. The number of nitrogens with zero attached hydrogens (tertiary/aromatic N) is 7. The summed E-state index contributed by atoms with van der Waals surface area (Å²) in [6, 6.07) is 0. The lowest BCUT2D eigenvalue weighted by Gasteiger charge is -2.29. The normalized spacial score (nSPS) is 14.0. The van der Waals surface area contributed by atoms with Gasteiger partial charge in [0.05, 0.1) is 36.0 Å². The van der Waals surface area contributed by atoms with Crippen LogP contribution >= 0.6 is 0 Å². The third-order valence-electron chi connectivity index (χ3n) is 6.00. The van der Waals surface area contributed by atoms with E-state index < -0.39 is 0 Å². The molecular formula is C23H32N8O. The predicted octanol–water partition coefficient (Wildman–Crippen LogP) is 2.97. The molecule has 9 nitrogen and oxygen atoms in total. The summed E-state index contributed by atoms with van der Waals surface area (Å²) in [6.45, 7) is 6.63. The number of hydrogen-bond acceptors (Lipinski definition) is 6. The minimum atomic E-state index is -0.146. The first-order valence-corrected chi connectivity index (χ1v) is 11.5. The molecule has 1 N–H and O–H groups in total. The topological polar surface area (TPSA) is 93.8 Å². The molecule has 4 heterocycles. The third-order valence-corrected chi connectivity index (χ3v) is 6.00. The first kappa shape index (κ1) is 22.0. The van der Waals surface area contributed by atoms with E-state index >= 15 is 0 Å². The smallest absolute Gasteiger partial charge is 0.255 e. The summed E-state index contributed by atoms with van der Waals surface area (Å²) in [4.78, 5) is 28.9. The Morgan fingerprint density at radius 1 is 1.16 bits per heavy atom. The Balaban J connectivity index is 1.62. The lowest BCUT2D eigenvalue weighted by Crippen LogP contribution is -2.31. The van der Waals surface area contributed by atoms with E-state index in [1.165, 1.54) is 19.3 Å². The molecule has 0 aliphatic carbocycles. The quantitative estimate of drug-likeness (QED) is 0.583. The van der Waals surface area contributed by atoms with Gasteiger partial charge in [0.2, 0.25) is 0 Å². The fraction of sp³-hybridized carbons (Fsp3) is 0.522. The Kier molecular flexibility index (Phi) is 6.82. The highest BCUT2D eigenvalue weighted by atomic mass is 16.1. The molecule has 4 rings (SSSR count). The molecule has 1 fully saturated rings. The molecule has 0 atom stereocenters. The maximum absolute atomic E-state index is 13.0. The van der Waals surface area contributed by atoms with Crippen molar-refractivity contribution in [3.8, 4) is 5.95 Å². The minimum absolute atomic E-state index is 0.146. The average Bonchev–Trinajstić information content (AvgIpc) is 3.43. The van der Waals surface area contributed by atoms with Crippen LogP contribution in [0.5, 0.6) is 0 Å². The molecule has 9 heteroatoms. The standard InChI is InChI=1S/C23H32N8O/c1-4-5-9-20-19(22(32)25-14-18-13-24-16-29(18)3)15-27-31(20)23-26-12-17(2)21(28-23)30-10-7-6-8-11-30/h12-13,15-16H,4-11,14H2,1-3H3,(H,25,32). The summed E-state index contributed by atoms with van der Waals surface area (Å²) in [5, 5.41) is 7.53. The number of piperidine rings is 1. The van der Waals surface area contributed by atoms with Crippen molar-refractivity contribution in [2.45, 2.75) is 58.9 Å². The van der Waals surface area contributed by atoms with Gasteiger partial charge in [-0.2, -0.15) is 10.1 Å². The maximum Gasteiger partial charge on any atom is 0.255 e. The molecule has 0 spiro atoms. The van der Waals surface area contributed by atoms with Gasteiger partial charge in [0.15, 0.2) is 0 Å². The number of rotatable bonds is 8. The second kappa shape index (κ2) is 9.93. The van der Waals surface area contributed by atoms with Gasteiger partial charge in [-0.3, -0.25) is 4.79 Å². The summed E-state index contributed by atoms with van der Waals surface area (Å²) < 4.78 is 3.63. The molecule has 32 heavy (non-hydrogen) atoms. The first-order chi connectivity index (χ1) is 15.6. The molecule has 0 aromatic carbocycles. The van der Waals surface area contributed by atoms with E-state index in [1.54, 1.807) is 23.4 Å². The summed E-state index contributed by atoms with van der Waals surface area (Å²) in [5.41, 5.74) is 3.42. The van der Waals surface area contributed by atoms with E-state index in [4.69, 9.17) is 4.98 Å². The number of aryl methyl sites for hydroxylation is 2. The number of hydrogen-bond donors (Lipinski definition) is 1. The highest BCUT2D eigenvalue weighted by Gasteiger charge is 2.21. The second-order valence-electron chi connectivity index (χ2n) is 8.42. The minimum Gasteiger partial charge on any atom is -0.356 e. The molecule has 1 saturated heterocycles. The van der Waals surface area contributed by atoms with Gasteiger partial charge in [-0.25, -0.2) is 14.6 Å². The number of carbonyl (C=O) groups is 1. The molecule has 1 aliphatic heterocycles. The van der Waals surface area contributed by atoms with Crippen LogP contribution in [0.2, 0.25) is 0 Å². The van der Waals surface area contributed by atoms with Gasteiger partial charge in [0, 0.05) is 38.1 Å². The fourth-order valence-electron chi connectivity index (χ4n) is 4.09. The zero-order valence-corrected chi connectivity index (χ0v) is 19.2. The van der Waals surface area contributed by atoms with Gasteiger partial charge in [0.1, 0.15) is 5.82 Å². The van der Waals surface area contributed by atoms with Crippen molar-refractivity contribution in [2.75, 3.05) is 18.0 Å². The lowest BCUT2D eigenvalue weighted by molar-refractivity contribution is 0.0949. The van der Waals surface area contributed by atoms with Crippen LogP contribution in [0, 0.1) is 6.92 Å². The molecule has 0 bridgehead atoms. The highest BCUT2D eigenvalue weighted by Crippen LogP contribution is 2.23. The number of carbonyl (C=O) groups excluding carboxylic acids is 1. The van der Waals surface area contributed by atoms with Crippen LogP contribution in [-0.2, 0) is 20.0 Å². The molecule has 1 aliphatic rings. The van der Waals surface area contributed by atoms with Crippen molar-refractivity contribution in [3.05, 3.63) is 47.4 Å². The first-order valence-electron chi connectivity index (χ1n) is 11.5. The van der Waals surface area contributed by atoms with Crippen LogP contribution in [0.1, 0.15) is 66.3 Å². The number of imidazole rings is 1. The van der Waals surface area contributed by atoms with Crippen molar-refractivity contribution in [3.63, 3.8) is 0 Å². The monoisotopic (exact) mass is 436 g/mol. The Morgan fingerprint density at radius 3 is 2.69 bits per heavy atom. The molecule has 0 saturated carbocycles. The van der Waals surface area contributed by atoms with E-state index in [0.717, 1.165) is 55.1 Å². The molecule has 0 unspecified atom stereocenters. The Morgan fingerprint density at radius 2 is 1.97 bits per heavy atom. The van der Waals surface area contributed by atoms with Gasteiger partial charge >= 0.3 is 0 Å². The predicted molar refractivity (Wildman–Crippen MR) is 123 cm³/mol. The number of anilines is 1. The van der Waals surface area contributed by atoms with Gasteiger partial charge in [-0.15, -0.1) is 0 Å². The molecular weight excluding hydrogens is 404 g/mol. The largest absolute Gasteiger partial charge is 0.356 e. The average molecular weight is 437 g/mol. The molecule has 3 aromatic rings. The van der Waals surface area contributed by atoms with Gasteiger partial charge in [0.25, 0.3) is 11.9 Å². The van der Waals surface area contributed by atoms with Crippen molar-refractivity contribution >= 4 is 11.7 Å². The van der Waals surface area contributed by atoms with E-state index in [-0.39, 0.29) is 5.91 Å². The van der Waals surface area contributed by atoms with Gasteiger partial charge in [-0.05, 0) is 39.0 Å². The summed E-state index contributed by atoms with van der Waals surface area (Å²) in [5.74, 6) is 1.34. The molecule has 170 valence electrons.